The van der Waals surface area contributed by atoms with Crippen molar-refractivity contribution in [2.45, 2.75) is 39.7 Å². The predicted molar refractivity (Wildman–Crippen MR) is 86.0 cm³/mol. The zero-order valence-corrected chi connectivity index (χ0v) is 14.5. The van der Waals surface area contributed by atoms with Gasteiger partial charge < -0.3 is 5.32 Å². The van der Waals surface area contributed by atoms with Gasteiger partial charge in [0.05, 0.1) is 22.8 Å². The molecule has 1 N–H and O–H groups in total. The van der Waals surface area contributed by atoms with Gasteiger partial charge in [-0.05, 0) is 25.7 Å². The van der Waals surface area contributed by atoms with E-state index in [1.807, 2.05) is 0 Å². The normalized spacial score (nSPS) is 20.2. The minimum absolute atomic E-state index is 0.0110. The van der Waals surface area contributed by atoms with Crippen LogP contribution < -0.4 is 5.32 Å². The molecule has 0 unspecified atom stereocenters. The van der Waals surface area contributed by atoms with Crippen molar-refractivity contribution >= 4 is 27.3 Å². The van der Waals surface area contributed by atoms with Crippen LogP contribution in [0.1, 0.15) is 42.2 Å². The number of halogens is 1. The number of hydrogen-bond donors (Lipinski definition) is 1. The Morgan fingerprint density at radius 1 is 1.50 bits per heavy atom. The number of carbonyl (C=O) groups is 1. The molecule has 0 saturated carbocycles. The van der Waals surface area contributed by atoms with Crippen molar-refractivity contribution in [2.75, 3.05) is 18.1 Å². The Bertz CT molecular complexity index is 655. The topological polar surface area (TPSA) is 81.1 Å². The number of carbonyl (C=O) groups excluding carboxylic acids is 1. The maximum Gasteiger partial charge on any atom is 0.256 e. The average Bonchev–Trinajstić information content (AvgIpc) is 2.93. The lowest BCUT2D eigenvalue weighted by Crippen LogP contribution is -2.30. The summed E-state index contributed by atoms with van der Waals surface area (Å²) in [4.78, 5) is 12.3. The fraction of sp³-hybridized carbons (Fsp3) is 0.714. The summed E-state index contributed by atoms with van der Waals surface area (Å²) < 4.78 is 24.5. The van der Waals surface area contributed by atoms with Crippen LogP contribution in [0.2, 0.25) is 5.15 Å². The molecular weight excluding hydrogens is 326 g/mol. The zero-order valence-electron chi connectivity index (χ0n) is 12.9. The third-order valence-corrected chi connectivity index (χ3v) is 6.12. The van der Waals surface area contributed by atoms with Crippen LogP contribution in [0.15, 0.2) is 0 Å². The van der Waals surface area contributed by atoms with Crippen molar-refractivity contribution in [1.82, 2.24) is 15.1 Å². The third kappa shape index (κ3) is 4.01. The average molecular weight is 348 g/mol. The first kappa shape index (κ1) is 17.3. The van der Waals surface area contributed by atoms with Crippen LogP contribution in [-0.2, 0) is 16.4 Å². The first-order chi connectivity index (χ1) is 10.3. The molecule has 0 spiro atoms. The number of rotatable bonds is 6. The number of hydrogen-bond acceptors (Lipinski definition) is 4. The molecular formula is C14H22ClN3O3S. The van der Waals surface area contributed by atoms with Crippen molar-refractivity contribution in [2.24, 2.45) is 5.92 Å². The van der Waals surface area contributed by atoms with E-state index < -0.39 is 9.84 Å². The number of nitrogens with one attached hydrogen (secondary N) is 1. The molecule has 124 valence electrons. The van der Waals surface area contributed by atoms with Crippen molar-refractivity contribution in [3.8, 4) is 0 Å². The fourth-order valence-electron chi connectivity index (χ4n) is 2.63. The highest BCUT2D eigenvalue weighted by Crippen LogP contribution is 2.21. The SMILES string of the molecule is CCCCn1nc(C)c(C(=O)NC[C@H]2CCS(=O)(=O)C2)c1Cl. The monoisotopic (exact) mass is 347 g/mol. The summed E-state index contributed by atoms with van der Waals surface area (Å²) in [5, 5.41) is 7.44. The molecule has 0 aliphatic carbocycles. The molecule has 1 aliphatic heterocycles. The molecule has 1 aromatic heterocycles. The van der Waals surface area contributed by atoms with Crippen LogP contribution in [0, 0.1) is 12.8 Å². The predicted octanol–water partition coefficient (Wildman–Crippen LogP) is 1.81. The second-order valence-electron chi connectivity index (χ2n) is 5.81. The molecule has 8 heteroatoms. The van der Waals surface area contributed by atoms with Gasteiger partial charge in [-0.1, -0.05) is 24.9 Å². The molecule has 22 heavy (non-hydrogen) atoms. The Morgan fingerprint density at radius 3 is 2.82 bits per heavy atom. The van der Waals surface area contributed by atoms with E-state index in [4.69, 9.17) is 11.6 Å². The van der Waals surface area contributed by atoms with E-state index in [0.717, 1.165) is 12.8 Å². The van der Waals surface area contributed by atoms with E-state index >= 15 is 0 Å². The molecule has 1 atom stereocenters. The largest absolute Gasteiger partial charge is 0.352 e. The van der Waals surface area contributed by atoms with Crippen LogP contribution in [0.25, 0.3) is 0 Å². The lowest BCUT2D eigenvalue weighted by atomic mass is 10.1. The van der Waals surface area contributed by atoms with E-state index in [2.05, 4.69) is 17.3 Å². The summed E-state index contributed by atoms with van der Waals surface area (Å²) in [6, 6.07) is 0. The standard InChI is InChI=1S/C14H22ClN3O3S/c1-3-4-6-18-13(15)12(10(2)17-18)14(19)16-8-11-5-7-22(20,21)9-11/h11H,3-9H2,1-2H3,(H,16,19)/t11-/m1/s1. The zero-order chi connectivity index (χ0) is 16.3. The van der Waals surface area contributed by atoms with E-state index in [9.17, 15) is 13.2 Å². The van der Waals surface area contributed by atoms with Crippen molar-refractivity contribution in [3.05, 3.63) is 16.4 Å². The highest BCUT2D eigenvalue weighted by atomic mass is 35.5. The summed E-state index contributed by atoms with van der Waals surface area (Å²) in [6.45, 7) is 4.87. The Labute approximate surface area is 136 Å². The van der Waals surface area contributed by atoms with E-state index in [0.29, 0.717) is 35.9 Å². The summed E-state index contributed by atoms with van der Waals surface area (Å²) in [6.07, 6.45) is 2.57. The third-order valence-electron chi connectivity index (χ3n) is 3.89. The Hall–Kier alpha value is -1.08. The van der Waals surface area contributed by atoms with Crippen LogP contribution in [0.4, 0.5) is 0 Å². The summed E-state index contributed by atoms with van der Waals surface area (Å²) >= 11 is 6.24. The van der Waals surface area contributed by atoms with Crippen molar-refractivity contribution in [3.63, 3.8) is 0 Å². The summed E-state index contributed by atoms with van der Waals surface area (Å²) in [5.74, 6) is 0.0654. The fourth-order valence-corrected chi connectivity index (χ4v) is 4.83. The van der Waals surface area contributed by atoms with Gasteiger partial charge in [0.2, 0.25) is 0 Å². The smallest absolute Gasteiger partial charge is 0.256 e. The number of amides is 1. The van der Waals surface area contributed by atoms with Gasteiger partial charge in [0.25, 0.3) is 5.91 Å². The van der Waals surface area contributed by atoms with Crippen molar-refractivity contribution in [1.29, 1.82) is 0 Å². The molecule has 1 fully saturated rings. The minimum atomic E-state index is -2.92. The number of nitrogens with zero attached hydrogens (tertiary/aromatic N) is 2. The van der Waals surface area contributed by atoms with E-state index in [-0.39, 0.29) is 23.3 Å². The van der Waals surface area contributed by atoms with Crippen LogP contribution in [-0.4, -0.2) is 42.2 Å². The summed E-state index contributed by atoms with van der Waals surface area (Å²) in [7, 11) is -2.92. The second kappa shape index (κ2) is 7.00. The molecule has 2 heterocycles. The van der Waals surface area contributed by atoms with E-state index in [1.165, 1.54) is 0 Å². The molecule has 6 nitrogen and oxygen atoms in total. The Morgan fingerprint density at radius 2 is 2.23 bits per heavy atom. The molecule has 0 bridgehead atoms. The van der Waals surface area contributed by atoms with Gasteiger partial charge in [0.15, 0.2) is 9.84 Å². The summed E-state index contributed by atoms with van der Waals surface area (Å²) in [5.41, 5.74) is 0.983. The Balaban J connectivity index is 1.99. The molecule has 1 aromatic rings. The molecule has 0 aromatic carbocycles. The first-order valence-electron chi connectivity index (χ1n) is 7.55. The number of aryl methyl sites for hydroxylation is 2. The maximum absolute atomic E-state index is 12.3. The van der Waals surface area contributed by atoms with Crippen molar-refractivity contribution < 1.29 is 13.2 Å². The van der Waals surface area contributed by atoms with E-state index in [1.54, 1.807) is 11.6 Å². The molecule has 1 saturated heterocycles. The molecule has 1 amide bonds. The van der Waals surface area contributed by atoms with Gasteiger partial charge in [-0.3, -0.25) is 9.48 Å². The lowest BCUT2D eigenvalue weighted by Gasteiger charge is -2.09. The maximum atomic E-state index is 12.3. The van der Waals surface area contributed by atoms with Crippen LogP contribution in [0.5, 0.6) is 0 Å². The van der Waals surface area contributed by atoms with Gasteiger partial charge >= 0.3 is 0 Å². The van der Waals surface area contributed by atoms with Gasteiger partial charge in [0.1, 0.15) is 5.15 Å². The quantitative estimate of drug-likeness (QED) is 0.850. The lowest BCUT2D eigenvalue weighted by molar-refractivity contribution is 0.0948. The van der Waals surface area contributed by atoms with Gasteiger partial charge in [-0.15, -0.1) is 0 Å². The molecule has 1 aliphatic rings. The number of aromatic nitrogens is 2. The van der Waals surface area contributed by atoms with Crippen LogP contribution >= 0.6 is 11.6 Å². The second-order valence-corrected chi connectivity index (χ2v) is 8.39. The minimum Gasteiger partial charge on any atom is -0.352 e. The Kier molecular flexibility index (Phi) is 5.50. The van der Waals surface area contributed by atoms with Gasteiger partial charge in [-0.25, -0.2) is 8.42 Å². The number of unbranched alkanes of at least 4 members (excludes halogenated alkanes) is 1. The highest BCUT2D eigenvalue weighted by Gasteiger charge is 2.28. The molecule has 2 rings (SSSR count). The first-order valence-corrected chi connectivity index (χ1v) is 9.75. The molecule has 0 radical (unpaired) electrons. The number of sulfone groups is 1. The van der Waals surface area contributed by atoms with Gasteiger partial charge in [-0.2, -0.15) is 5.10 Å². The van der Waals surface area contributed by atoms with Gasteiger partial charge in [0, 0.05) is 13.1 Å². The highest BCUT2D eigenvalue weighted by molar-refractivity contribution is 7.91. The van der Waals surface area contributed by atoms with Crippen LogP contribution in [0.3, 0.4) is 0 Å².